The summed E-state index contributed by atoms with van der Waals surface area (Å²) in [4.78, 5) is 27.4. The molecule has 2 aromatic carbocycles. The van der Waals surface area contributed by atoms with Crippen molar-refractivity contribution in [3.63, 3.8) is 0 Å². The monoisotopic (exact) mass is 322 g/mol. The molecule has 0 bridgehead atoms. The number of aryl methyl sites for hydroxylation is 2. The lowest BCUT2D eigenvalue weighted by atomic mass is 9.95. The van der Waals surface area contributed by atoms with E-state index >= 15 is 0 Å². The van der Waals surface area contributed by atoms with Gasteiger partial charge in [-0.3, -0.25) is 9.59 Å². The number of benzene rings is 2. The number of nitrogens with two attached hydrogens (primary N) is 1. The second kappa shape index (κ2) is 6.57. The maximum absolute atomic E-state index is 12.9. The highest BCUT2D eigenvalue weighted by Crippen LogP contribution is 2.20. The van der Waals surface area contributed by atoms with Crippen molar-refractivity contribution in [1.29, 1.82) is 0 Å². The molecule has 0 aromatic heterocycles. The summed E-state index contributed by atoms with van der Waals surface area (Å²) in [5, 5.41) is 0. The molecule has 1 aliphatic rings. The van der Waals surface area contributed by atoms with Crippen LogP contribution in [0.1, 0.15) is 43.8 Å². The van der Waals surface area contributed by atoms with Gasteiger partial charge >= 0.3 is 0 Å². The van der Waals surface area contributed by atoms with Crippen LogP contribution in [0.2, 0.25) is 0 Å². The minimum atomic E-state index is -0.120. The minimum absolute atomic E-state index is 0.0246. The zero-order valence-corrected chi connectivity index (χ0v) is 14.1. The number of ketones is 1. The van der Waals surface area contributed by atoms with Crippen molar-refractivity contribution in [3.05, 3.63) is 70.3 Å². The van der Waals surface area contributed by atoms with Crippen molar-refractivity contribution in [3.8, 4) is 0 Å². The molecule has 3 rings (SSSR count). The first-order valence-corrected chi connectivity index (χ1v) is 8.23. The Hall–Kier alpha value is -2.46. The average molecular weight is 322 g/mol. The molecule has 0 unspecified atom stereocenters. The lowest BCUT2D eigenvalue weighted by Gasteiger charge is -2.18. The highest BCUT2D eigenvalue weighted by molar-refractivity contribution is 6.15. The Morgan fingerprint density at radius 3 is 2.38 bits per heavy atom. The summed E-state index contributed by atoms with van der Waals surface area (Å²) in [6, 6.07) is 12.7. The third-order valence-corrected chi connectivity index (χ3v) is 4.68. The van der Waals surface area contributed by atoms with Gasteiger partial charge in [0, 0.05) is 30.3 Å². The van der Waals surface area contributed by atoms with Crippen molar-refractivity contribution >= 4 is 11.7 Å². The zero-order chi connectivity index (χ0) is 17.3. The van der Waals surface area contributed by atoms with Gasteiger partial charge in [-0.1, -0.05) is 30.3 Å². The van der Waals surface area contributed by atoms with Gasteiger partial charge in [-0.05, 0) is 43.5 Å². The van der Waals surface area contributed by atoms with E-state index in [1.54, 1.807) is 29.2 Å². The van der Waals surface area contributed by atoms with E-state index in [0.29, 0.717) is 29.8 Å². The Kier molecular flexibility index (Phi) is 4.49. The van der Waals surface area contributed by atoms with Crippen LogP contribution < -0.4 is 5.73 Å². The molecule has 0 saturated carbocycles. The Morgan fingerprint density at radius 1 is 1.04 bits per heavy atom. The number of nitrogens with zero attached hydrogens (tertiary/aromatic N) is 1. The van der Waals surface area contributed by atoms with Gasteiger partial charge in [0.2, 0.25) is 0 Å². The second-order valence-electron chi connectivity index (χ2n) is 6.47. The maximum Gasteiger partial charge on any atom is 0.254 e. The number of likely N-dealkylation sites (tertiary alicyclic amines) is 1. The highest BCUT2D eigenvalue weighted by Gasteiger charge is 2.27. The molecule has 0 spiro atoms. The Morgan fingerprint density at radius 2 is 1.75 bits per heavy atom. The van der Waals surface area contributed by atoms with Gasteiger partial charge < -0.3 is 10.6 Å². The van der Waals surface area contributed by atoms with Crippen LogP contribution in [0.25, 0.3) is 0 Å². The predicted molar refractivity (Wildman–Crippen MR) is 94.3 cm³/mol. The molecule has 24 heavy (non-hydrogen) atoms. The van der Waals surface area contributed by atoms with E-state index in [4.69, 9.17) is 5.73 Å². The molecular weight excluding hydrogens is 300 g/mol. The quantitative estimate of drug-likeness (QED) is 0.884. The minimum Gasteiger partial charge on any atom is -0.337 e. The second-order valence-corrected chi connectivity index (χ2v) is 6.47. The van der Waals surface area contributed by atoms with Gasteiger partial charge in [0.05, 0.1) is 5.56 Å². The standard InChI is InChI=1S/C20H22N2O2/c1-13-7-8-15(11-14(13)2)19(23)17-5-3-4-6-18(17)20(24)22-10-9-16(21)12-22/h3-8,11,16H,9-10,12,21H2,1-2H3/t16-/m0/s1. The highest BCUT2D eigenvalue weighted by atomic mass is 16.2. The zero-order valence-electron chi connectivity index (χ0n) is 14.1. The molecule has 1 fully saturated rings. The lowest BCUT2D eigenvalue weighted by molar-refractivity contribution is 0.0786. The van der Waals surface area contributed by atoms with Crippen molar-refractivity contribution in [2.75, 3.05) is 13.1 Å². The first-order chi connectivity index (χ1) is 11.5. The topological polar surface area (TPSA) is 63.4 Å². The molecule has 124 valence electrons. The lowest BCUT2D eigenvalue weighted by Crippen LogP contribution is -2.32. The molecule has 1 amide bonds. The number of hydrogen-bond donors (Lipinski definition) is 1. The number of amides is 1. The van der Waals surface area contributed by atoms with E-state index in [1.807, 2.05) is 32.0 Å². The third kappa shape index (κ3) is 3.10. The van der Waals surface area contributed by atoms with E-state index in [9.17, 15) is 9.59 Å². The maximum atomic E-state index is 12.9. The average Bonchev–Trinajstić information content (AvgIpc) is 3.02. The number of carbonyl (C=O) groups excluding carboxylic acids is 2. The van der Waals surface area contributed by atoms with Gasteiger partial charge in [0.25, 0.3) is 5.91 Å². The van der Waals surface area contributed by atoms with Gasteiger partial charge in [0.1, 0.15) is 0 Å². The van der Waals surface area contributed by atoms with E-state index in [0.717, 1.165) is 17.5 Å². The molecule has 4 nitrogen and oxygen atoms in total. The predicted octanol–water partition coefficient (Wildman–Crippen LogP) is 2.71. The van der Waals surface area contributed by atoms with Gasteiger partial charge in [-0.25, -0.2) is 0 Å². The normalized spacial score (nSPS) is 17.1. The van der Waals surface area contributed by atoms with Crippen LogP contribution in [0.4, 0.5) is 0 Å². The summed E-state index contributed by atoms with van der Waals surface area (Å²) >= 11 is 0. The van der Waals surface area contributed by atoms with Crippen LogP contribution in [0.3, 0.4) is 0 Å². The van der Waals surface area contributed by atoms with Crippen molar-refractivity contribution in [2.45, 2.75) is 26.3 Å². The number of rotatable bonds is 3. The Labute approximate surface area is 142 Å². The molecule has 4 heteroatoms. The summed E-state index contributed by atoms with van der Waals surface area (Å²) in [5.41, 5.74) is 9.62. The smallest absolute Gasteiger partial charge is 0.254 e. The fraction of sp³-hybridized carbons (Fsp3) is 0.300. The van der Waals surface area contributed by atoms with Crippen LogP contribution in [0, 0.1) is 13.8 Å². The SMILES string of the molecule is Cc1ccc(C(=O)c2ccccc2C(=O)N2CC[C@H](N)C2)cc1C. The van der Waals surface area contributed by atoms with Crippen LogP contribution >= 0.6 is 0 Å². The third-order valence-electron chi connectivity index (χ3n) is 4.68. The molecular formula is C20H22N2O2. The Balaban J connectivity index is 1.95. The molecule has 2 aromatic rings. The van der Waals surface area contributed by atoms with Crippen LogP contribution in [0.15, 0.2) is 42.5 Å². The molecule has 0 radical (unpaired) electrons. The molecule has 0 aliphatic carbocycles. The van der Waals surface area contributed by atoms with E-state index in [-0.39, 0.29) is 17.7 Å². The first kappa shape index (κ1) is 16.4. The van der Waals surface area contributed by atoms with E-state index in [1.165, 1.54) is 0 Å². The van der Waals surface area contributed by atoms with Crippen molar-refractivity contribution in [1.82, 2.24) is 4.90 Å². The van der Waals surface area contributed by atoms with Crippen LogP contribution in [-0.4, -0.2) is 35.7 Å². The van der Waals surface area contributed by atoms with E-state index in [2.05, 4.69) is 0 Å². The van der Waals surface area contributed by atoms with Crippen LogP contribution in [0.5, 0.6) is 0 Å². The summed E-state index contributed by atoms with van der Waals surface area (Å²) in [6.07, 6.45) is 0.805. The van der Waals surface area contributed by atoms with Gasteiger partial charge in [0.15, 0.2) is 5.78 Å². The summed E-state index contributed by atoms with van der Waals surface area (Å²) < 4.78 is 0. The van der Waals surface area contributed by atoms with Crippen molar-refractivity contribution < 1.29 is 9.59 Å². The van der Waals surface area contributed by atoms with Gasteiger partial charge in [-0.15, -0.1) is 0 Å². The summed E-state index contributed by atoms with van der Waals surface area (Å²) in [5.74, 6) is -0.235. The summed E-state index contributed by atoms with van der Waals surface area (Å²) in [6.45, 7) is 5.18. The molecule has 1 heterocycles. The van der Waals surface area contributed by atoms with E-state index < -0.39 is 0 Å². The summed E-state index contributed by atoms with van der Waals surface area (Å²) in [7, 11) is 0. The van der Waals surface area contributed by atoms with Gasteiger partial charge in [-0.2, -0.15) is 0 Å². The molecule has 1 saturated heterocycles. The molecule has 2 N–H and O–H groups in total. The fourth-order valence-corrected chi connectivity index (χ4v) is 3.05. The number of hydrogen-bond acceptors (Lipinski definition) is 3. The first-order valence-electron chi connectivity index (χ1n) is 8.23. The largest absolute Gasteiger partial charge is 0.337 e. The van der Waals surface area contributed by atoms with Crippen LogP contribution in [-0.2, 0) is 0 Å². The van der Waals surface area contributed by atoms with Crippen molar-refractivity contribution in [2.24, 2.45) is 5.73 Å². The molecule has 1 aliphatic heterocycles. The number of carbonyl (C=O) groups is 2. The Bertz CT molecular complexity index is 798. The molecule has 1 atom stereocenters. The fourth-order valence-electron chi connectivity index (χ4n) is 3.05.